The Morgan fingerprint density at radius 2 is 2.24 bits per heavy atom. The highest BCUT2D eigenvalue weighted by molar-refractivity contribution is 7.11. The van der Waals surface area contributed by atoms with E-state index in [2.05, 4.69) is 10.3 Å². The number of esters is 1. The number of amides is 2. The molecule has 0 spiro atoms. The molecule has 0 fully saturated rings. The van der Waals surface area contributed by atoms with Crippen LogP contribution in [0.2, 0.25) is 0 Å². The maximum atomic E-state index is 11.4. The summed E-state index contributed by atoms with van der Waals surface area (Å²) < 4.78 is 4.72. The normalized spacial score (nSPS) is 9.71. The third kappa shape index (κ3) is 3.83. The van der Waals surface area contributed by atoms with Crippen molar-refractivity contribution in [3.8, 4) is 0 Å². The number of hydrogen-bond acceptors (Lipinski definition) is 6. The van der Waals surface area contributed by atoms with Gasteiger partial charge in [0.2, 0.25) is 10.9 Å². The second-order valence-corrected chi connectivity index (χ2v) is 3.77. The number of aromatic nitrogens is 1. The van der Waals surface area contributed by atoms with E-state index < -0.39 is 17.8 Å². The van der Waals surface area contributed by atoms with Gasteiger partial charge >= 0.3 is 5.97 Å². The topological polar surface area (TPSA) is 111 Å². The first-order valence-corrected chi connectivity index (χ1v) is 5.61. The molecule has 92 valence electrons. The maximum absolute atomic E-state index is 11.4. The molecule has 1 rings (SSSR count). The highest BCUT2D eigenvalue weighted by Crippen LogP contribution is 2.10. The molecule has 2 amide bonds. The van der Waals surface area contributed by atoms with Crippen LogP contribution < -0.4 is 11.1 Å². The van der Waals surface area contributed by atoms with Gasteiger partial charge in [0.25, 0.3) is 5.91 Å². The van der Waals surface area contributed by atoms with Crippen LogP contribution in [0.15, 0.2) is 5.38 Å². The first-order chi connectivity index (χ1) is 8.04. The molecule has 0 aliphatic rings. The van der Waals surface area contributed by atoms with E-state index in [-0.39, 0.29) is 23.9 Å². The summed E-state index contributed by atoms with van der Waals surface area (Å²) >= 11 is 0.998. The summed E-state index contributed by atoms with van der Waals surface area (Å²) in [6.45, 7) is 1.64. The van der Waals surface area contributed by atoms with Crippen molar-refractivity contribution in [2.24, 2.45) is 5.73 Å². The fourth-order valence-electron chi connectivity index (χ4n) is 0.923. The molecule has 0 radical (unpaired) electrons. The first kappa shape index (κ1) is 13.1. The van der Waals surface area contributed by atoms with E-state index in [0.717, 1.165) is 11.3 Å². The molecule has 0 unspecified atom stereocenters. The molecule has 0 saturated heterocycles. The predicted molar refractivity (Wildman–Crippen MR) is 59.6 cm³/mol. The average molecular weight is 257 g/mol. The third-order valence-corrected chi connectivity index (χ3v) is 2.43. The lowest BCUT2D eigenvalue weighted by atomic mass is 10.4. The number of primary amides is 1. The number of carbonyl (C=O) groups is 3. The predicted octanol–water partition coefficient (Wildman–Crippen LogP) is -0.465. The van der Waals surface area contributed by atoms with E-state index in [0.29, 0.717) is 0 Å². The van der Waals surface area contributed by atoms with Crippen LogP contribution in [-0.2, 0) is 9.53 Å². The number of hydrogen-bond donors (Lipinski definition) is 2. The minimum absolute atomic E-state index is 0.0549. The van der Waals surface area contributed by atoms with E-state index in [1.807, 2.05) is 0 Å². The van der Waals surface area contributed by atoms with Crippen LogP contribution in [0.4, 0.5) is 0 Å². The van der Waals surface area contributed by atoms with Gasteiger partial charge in [-0.15, -0.1) is 11.3 Å². The number of carbonyl (C=O) groups excluding carboxylic acids is 3. The molecule has 0 aliphatic heterocycles. The van der Waals surface area contributed by atoms with Crippen molar-refractivity contribution in [1.82, 2.24) is 10.3 Å². The Morgan fingerprint density at radius 1 is 1.53 bits per heavy atom. The molecule has 3 N–H and O–H groups in total. The summed E-state index contributed by atoms with van der Waals surface area (Å²) in [6, 6.07) is 0. The van der Waals surface area contributed by atoms with E-state index >= 15 is 0 Å². The van der Waals surface area contributed by atoms with Crippen molar-refractivity contribution in [3.05, 3.63) is 16.1 Å². The number of rotatable bonds is 5. The van der Waals surface area contributed by atoms with E-state index in [1.165, 1.54) is 5.38 Å². The number of nitrogens with zero attached hydrogens (tertiary/aromatic N) is 1. The van der Waals surface area contributed by atoms with Crippen molar-refractivity contribution in [3.63, 3.8) is 0 Å². The molecule has 7 nitrogen and oxygen atoms in total. The highest BCUT2D eigenvalue weighted by Gasteiger charge is 2.16. The number of ether oxygens (including phenoxy) is 1. The Morgan fingerprint density at radius 3 is 2.82 bits per heavy atom. The van der Waals surface area contributed by atoms with Gasteiger partial charge in [-0.1, -0.05) is 0 Å². The maximum Gasteiger partial charge on any atom is 0.367 e. The van der Waals surface area contributed by atoms with E-state index in [9.17, 15) is 14.4 Å². The molecule has 0 bridgehead atoms. The highest BCUT2D eigenvalue weighted by atomic mass is 32.1. The number of thiazole rings is 1. The Balaban J connectivity index is 2.64. The van der Waals surface area contributed by atoms with Gasteiger partial charge in [-0.2, -0.15) is 0 Å². The molecule has 17 heavy (non-hydrogen) atoms. The van der Waals surface area contributed by atoms with Crippen molar-refractivity contribution in [1.29, 1.82) is 0 Å². The van der Waals surface area contributed by atoms with E-state index in [4.69, 9.17) is 10.5 Å². The zero-order chi connectivity index (χ0) is 12.8. The van der Waals surface area contributed by atoms with Crippen LogP contribution in [0.25, 0.3) is 0 Å². The Hall–Kier alpha value is -1.96. The van der Waals surface area contributed by atoms with Gasteiger partial charge in [0, 0.05) is 5.38 Å². The first-order valence-electron chi connectivity index (χ1n) is 4.73. The fourth-order valence-corrected chi connectivity index (χ4v) is 1.61. The minimum atomic E-state index is -0.654. The molecule has 0 atom stereocenters. The fraction of sp³-hybridized carbons (Fsp3) is 0.333. The Bertz CT molecular complexity index is 443. The van der Waals surface area contributed by atoms with Crippen molar-refractivity contribution >= 4 is 29.1 Å². The lowest BCUT2D eigenvalue weighted by Crippen LogP contribution is -2.33. The average Bonchev–Trinajstić information content (AvgIpc) is 2.75. The standard InChI is InChI=1S/C9H11N3O4S/c1-2-16-9(15)8-12-5(4-17-8)7(14)11-3-6(10)13/h4H,2-3H2,1H3,(H2,10,13)(H,11,14). The molecule has 1 aromatic rings. The molecular formula is C9H11N3O4S. The van der Waals surface area contributed by atoms with Crippen LogP contribution in [0.5, 0.6) is 0 Å². The summed E-state index contributed by atoms with van der Waals surface area (Å²) in [5.74, 6) is -1.79. The SMILES string of the molecule is CCOC(=O)c1nc(C(=O)NCC(N)=O)cs1. The van der Waals surface area contributed by atoms with Crippen LogP contribution in [0, 0.1) is 0 Å². The molecule has 1 aromatic heterocycles. The van der Waals surface area contributed by atoms with Gasteiger partial charge in [-0.3, -0.25) is 9.59 Å². The van der Waals surface area contributed by atoms with Gasteiger partial charge in [-0.25, -0.2) is 9.78 Å². The molecule has 0 aliphatic carbocycles. The largest absolute Gasteiger partial charge is 0.461 e. The minimum Gasteiger partial charge on any atom is -0.461 e. The summed E-state index contributed by atoms with van der Waals surface area (Å²) in [4.78, 5) is 36.9. The third-order valence-electron chi connectivity index (χ3n) is 1.61. The van der Waals surface area contributed by atoms with Crippen LogP contribution in [0.3, 0.4) is 0 Å². The van der Waals surface area contributed by atoms with Crippen LogP contribution >= 0.6 is 11.3 Å². The zero-order valence-corrected chi connectivity index (χ0v) is 9.87. The van der Waals surface area contributed by atoms with Gasteiger partial charge in [0.15, 0.2) is 0 Å². The monoisotopic (exact) mass is 257 g/mol. The lowest BCUT2D eigenvalue weighted by Gasteiger charge is -1.98. The van der Waals surface area contributed by atoms with Crippen LogP contribution in [-0.4, -0.2) is 35.9 Å². The summed E-state index contributed by atoms with van der Waals surface area (Å²) in [7, 11) is 0. The number of nitrogens with two attached hydrogens (primary N) is 1. The van der Waals surface area contributed by atoms with Crippen molar-refractivity contribution in [2.75, 3.05) is 13.2 Å². The molecule has 0 aromatic carbocycles. The Kier molecular flexibility index (Phi) is 4.58. The molecule has 1 heterocycles. The lowest BCUT2D eigenvalue weighted by molar-refractivity contribution is -0.117. The molecule has 0 saturated carbocycles. The zero-order valence-electron chi connectivity index (χ0n) is 9.06. The van der Waals surface area contributed by atoms with Gasteiger partial charge in [0.05, 0.1) is 13.2 Å². The summed E-state index contributed by atoms with van der Waals surface area (Å²) in [5.41, 5.74) is 4.92. The van der Waals surface area contributed by atoms with Gasteiger partial charge in [-0.05, 0) is 6.92 Å². The van der Waals surface area contributed by atoms with Gasteiger partial charge < -0.3 is 15.8 Å². The Labute approximate surface area is 101 Å². The summed E-state index contributed by atoms with van der Waals surface area (Å²) in [6.07, 6.45) is 0. The molecule has 8 heteroatoms. The second kappa shape index (κ2) is 5.94. The second-order valence-electron chi connectivity index (χ2n) is 2.91. The quantitative estimate of drug-likeness (QED) is 0.693. The van der Waals surface area contributed by atoms with Gasteiger partial charge in [0.1, 0.15) is 5.69 Å². The van der Waals surface area contributed by atoms with Crippen molar-refractivity contribution < 1.29 is 19.1 Å². The smallest absolute Gasteiger partial charge is 0.367 e. The van der Waals surface area contributed by atoms with Crippen LogP contribution in [0.1, 0.15) is 27.2 Å². The molecular weight excluding hydrogens is 246 g/mol. The van der Waals surface area contributed by atoms with Crippen molar-refractivity contribution in [2.45, 2.75) is 6.92 Å². The number of nitrogens with one attached hydrogen (secondary N) is 1. The summed E-state index contributed by atoms with van der Waals surface area (Å²) in [5, 5.41) is 3.76. The van der Waals surface area contributed by atoms with E-state index in [1.54, 1.807) is 6.92 Å².